The average Bonchev–Trinajstić information content (AvgIpc) is 2.65. The number of rotatable bonds is 7. The Morgan fingerprint density at radius 1 is 1.64 bits per heavy atom. The van der Waals surface area contributed by atoms with Crippen molar-refractivity contribution >= 4 is 23.1 Å². The summed E-state index contributed by atoms with van der Waals surface area (Å²) in [6.07, 6.45) is 2.47. The maximum atomic E-state index is 3.99. The second kappa shape index (κ2) is 7.20. The van der Waals surface area contributed by atoms with E-state index in [4.69, 9.17) is 0 Å². The van der Waals surface area contributed by atoms with Crippen molar-refractivity contribution < 1.29 is 0 Å². The molecule has 1 unspecified atom stereocenters. The van der Waals surface area contributed by atoms with Gasteiger partial charge in [0, 0.05) is 11.8 Å². The average molecular weight is 231 g/mol. The molecule has 1 atom stereocenters. The van der Waals surface area contributed by atoms with Crippen LogP contribution in [0.3, 0.4) is 0 Å². The fourth-order valence-corrected chi connectivity index (χ4v) is 2.75. The molecule has 0 aromatic carbocycles. The first kappa shape index (κ1) is 11.9. The number of aromatic nitrogens is 2. The minimum absolute atomic E-state index is 0.634. The molecular weight excluding hydrogens is 214 g/mol. The molecular formula is C9H17N3S2. The Balaban J connectivity index is 1.99. The summed E-state index contributed by atoms with van der Waals surface area (Å²) in [6.45, 7) is 5.44. The smallest absolute Gasteiger partial charge is 0.174 e. The van der Waals surface area contributed by atoms with Crippen molar-refractivity contribution in [1.82, 2.24) is 15.5 Å². The van der Waals surface area contributed by atoms with Crippen molar-refractivity contribution in [2.24, 2.45) is 0 Å². The van der Waals surface area contributed by atoms with Gasteiger partial charge in [0.05, 0.1) is 0 Å². The first-order valence-corrected chi connectivity index (χ1v) is 6.81. The SMILES string of the molecule is CCNC(C)CCCSc1nncs1. The summed E-state index contributed by atoms with van der Waals surface area (Å²) in [5, 5.41) is 11.2. The van der Waals surface area contributed by atoms with Crippen molar-refractivity contribution in [1.29, 1.82) is 0 Å². The van der Waals surface area contributed by atoms with Gasteiger partial charge in [0.1, 0.15) is 5.51 Å². The van der Waals surface area contributed by atoms with E-state index in [0.29, 0.717) is 6.04 Å². The number of thioether (sulfide) groups is 1. The van der Waals surface area contributed by atoms with Gasteiger partial charge in [-0.3, -0.25) is 0 Å². The lowest BCUT2D eigenvalue weighted by Crippen LogP contribution is -2.25. The highest BCUT2D eigenvalue weighted by molar-refractivity contribution is 8.00. The molecule has 0 fully saturated rings. The maximum Gasteiger partial charge on any atom is 0.174 e. The zero-order chi connectivity index (χ0) is 10.2. The fraction of sp³-hybridized carbons (Fsp3) is 0.778. The Kier molecular flexibility index (Phi) is 6.14. The third kappa shape index (κ3) is 4.93. The van der Waals surface area contributed by atoms with E-state index < -0.39 is 0 Å². The topological polar surface area (TPSA) is 37.8 Å². The van der Waals surface area contributed by atoms with Gasteiger partial charge in [-0.2, -0.15) is 0 Å². The summed E-state index contributed by atoms with van der Waals surface area (Å²) in [6, 6.07) is 0.634. The van der Waals surface area contributed by atoms with Crippen molar-refractivity contribution in [3.05, 3.63) is 5.51 Å². The van der Waals surface area contributed by atoms with Crippen molar-refractivity contribution in [3.63, 3.8) is 0 Å². The molecule has 0 bridgehead atoms. The first-order valence-electron chi connectivity index (χ1n) is 4.95. The molecule has 14 heavy (non-hydrogen) atoms. The molecule has 80 valence electrons. The number of hydrogen-bond donors (Lipinski definition) is 1. The summed E-state index contributed by atoms with van der Waals surface area (Å²) in [5.74, 6) is 1.14. The van der Waals surface area contributed by atoms with Crippen LogP contribution in [0.2, 0.25) is 0 Å². The van der Waals surface area contributed by atoms with Crippen LogP contribution in [-0.4, -0.2) is 28.5 Å². The fourth-order valence-electron chi connectivity index (χ4n) is 1.23. The quantitative estimate of drug-likeness (QED) is 0.577. The maximum absolute atomic E-state index is 3.99. The normalized spacial score (nSPS) is 13.0. The highest BCUT2D eigenvalue weighted by Crippen LogP contribution is 2.20. The third-order valence-electron chi connectivity index (χ3n) is 1.90. The molecule has 0 aliphatic carbocycles. The minimum atomic E-state index is 0.634. The summed E-state index contributed by atoms with van der Waals surface area (Å²) in [4.78, 5) is 0. The van der Waals surface area contributed by atoms with E-state index in [1.54, 1.807) is 28.6 Å². The van der Waals surface area contributed by atoms with Crippen LogP contribution < -0.4 is 5.32 Å². The highest BCUT2D eigenvalue weighted by atomic mass is 32.2. The van der Waals surface area contributed by atoms with Gasteiger partial charge in [-0.1, -0.05) is 30.0 Å². The largest absolute Gasteiger partial charge is 0.315 e. The molecule has 1 aromatic rings. The number of nitrogens with one attached hydrogen (secondary N) is 1. The van der Waals surface area contributed by atoms with E-state index >= 15 is 0 Å². The minimum Gasteiger partial charge on any atom is -0.315 e. The molecule has 1 heterocycles. The highest BCUT2D eigenvalue weighted by Gasteiger charge is 2.01. The predicted octanol–water partition coefficient (Wildman–Crippen LogP) is 2.41. The second-order valence-electron chi connectivity index (χ2n) is 3.15. The summed E-state index contributed by atoms with van der Waals surface area (Å²) in [5.41, 5.74) is 1.78. The van der Waals surface area contributed by atoms with Crippen LogP contribution in [0.4, 0.5) is 0 Å². The van der Waals surface area contributed by atoms with E-state index in [-0.39, 0.29) is 0 Å². The molecule has 0 spiro atoms. The zero-order valence-corrected chi connectivity index (χ0v) is 10.3. The Morgan fingerprint density at radius 3 is 3.14 bits per heavy atom. The van der Waals surface area contributed by atoms with E-state index in [0.717, 1.165) is 16.6 Å². The molecule has 0 aliphatic heterocycles. The Hall–Kier alpha value is -0.130. The summed E-state index contributed by atoms with van der Waals surface area (Å²) < 4.78 is 1.08. The van der Waals surface area contributed by atoms with Gasteiger partial charge in [-0.25, -0.2) is 0 Å². The van der Waals surface area contributed by atoms with Crippen LogP contribution >= 0.6 is 23.1 Å². The molecule has 0 saturated carbocycles. The lowest BCUT2D eigenvalue weighted by Gasteiger charge is -2.10. The molecule has 3 nitrogen and oxygen atoms in total. The van der Waals surface area contributed by atoms with Gasteiger partial charge < -0.3 is 5.32 Å². The van der Waals surface area contributed by atoms with E-state index in [1.165, 1.54) is 12.8 Å². The first-order chi connectivity index (χ1) is 6.83. The zero-order valence-electron chi connectivity index (χ0n) is 8.69. The molecule has 1 N–H and O–H groups in total. The van der Waals surface area contributed by atoms with Crippen LogP contribution in [0, 0.1) is 0 Å². The molecule has 0 aliphatic rings. The lowest BCUT2D eigenvalue weighted by molar-refractivity contribution is 0.526. The van der Waals surface area contributed by atoms with E-state index in [1.807, 2.05) is 0 Å². The second-order valence-corrected chi connectivity index (χ2v) is 5.33. The molecule has 0 radical (unpaired) electrons. The van der Waals surface area contributed by atoms with Crippen LogP contribution in [0.25, 0.3) is 0 Å². The van der Waals surface area contributed by atoms with Crippen LogP contribution in [0.5, 0.6) is 0 Å². The monoisotopic (exact) mass is 231 g/mol. The summed E-state index contributed by atoms with van der Waals surface area (Å²) >= 11 is 3.42. The van der Waals surface area contributed by atoms with Crippen molar-refractivity contribution in [3.8, 4) is 0 Å². The molecule has 1 aromatic heterocycles. The third-order valence-corrected chi connectivity index (χ3v) is 3.85. The van der Waals surface area contributed by atoms with Crippen LogP contribution in [0.15, 0.2) is 9.85 Å². The summed E-state index contributed by atoms with van der Waals surface area (Å²) in [7, 11) is 0. The van der Waals surface area contributed by atoms with Crippen molar-refractivity contribution in [2.75, 3.05) is 12.3 Å². The number of hydrogen-bond acceptors (Lipinski definition) is 5. The lowest BCUT2D eigenvalue weighted by atomic mass is 10.2. The van der Waals surface area contributed by atoms with E-state index in [2.05, 4.69) is 29.4 Å². The Morgan fingerprint density at radius 2 is 2.50 bits per heavy atom. The van der Waals surface area contributed by atoms with Gasteiger partial charge in [0.25, 0.3) is 0 Å². The predicted molar refractivity (Wildman–Crippen MR) is 63.0 cm³/mol. The molecule has 1 rings (SSSR count). The standard InChI is InChI=1S/C9H17N3S2/c1-3-10-8(2)5-4-6-13-9-12-11-7-14-9/h7-8,10H,3-6H2,1-2H3. The van der Waals surface area contributed by atoms with Gasteiger partial charge in [0.2, 0.25) is 0 Å². The van der Waals surface area contributed by atoms with Gasteiger partial charge in [-0.05, 0) is 26.3 Å². The van der Waals surface area contributed by atoms with Crippen LogP contribution in [-0.2, 0) is 0 Å². The van der Waals surface area contributed by atoms with Crippen molar-refractivity contribution in [2.45, 2.75) is 37.1 Å². The van der Waals surface area contributed by atoms with Gasteiger partial charge in [0.15, 0.2) is 4.34 Å². The Labute approximate surface area is 93.7 Å². The van der Waals surface area contributed by atoms with E-state index in [9.17, 15) is 0 Å². The van der Waals surface area contributed by atoms with Gasteiger partial charge in [-0.15, -0.1) is 10.2 Å². The molecule has 0 saturated heterocycles. The molecule has 0 amide bonds. The van der Waals surface area contributed by atoms with Gasteiger partial charge >= 0.3 is 0 Å². The molecule has 5 heteroatoms. The Bertz CT molecular complexity index is 226. The van der Waals surface area contributed by atoms with Crippen LogP contribution in [0.1, 0.15) is 26.7 Å². The number of nitrogens with zero attached hydrogens (tertiary/aromatic N) is 2.